The lowest BCUT2D eigenvalue weighted by Gasteiger charge is -2.10. The lowest BCUT2D eigenvalue weighted by molar-refractivity contribution is -0.141. The quantitative estimate of drug-likeness (QED) is 0.756. The van der Waals surface area contributed by atoms with Crippen LogP contribution in [0.5, 0.6) is 0 Å². The van der Waals surface area contributed by atoms with E-state index in [1.807, 2.05) is 0 Å². The molecule has 0 fully saturated rings. The van der Waals surface area contributed by atoms with Gasteiger partial charge in [0.25, 0.3) is 0 Å². The van der Waals surface area contributed by atoms with Crippen molar-refractivity contribution >= 4 is 23.2 Å². The third kappa shape index (κ3) is 3.62. The van der Waals surface area contributed by atoms with Crippen LogP contribution in [0, 0.1) is 6.92 Å². The molecular formula is C8H11N3O3S. The molecular weight excluding hydrogens is 218 g/mol. The summed E-state index contributed by atoms with van der Waals surface area (Å²) in [6.07, 6.45) is 0.167. The van der Waals surface area contributed by atoms with Crippen molar-refractivity contribution in [1.82, 2.24) is 15.5 Å². The first-order valence-corrected chi connectivity index (χ1v) is 5.09. The van der Waals surface area contributed by atoms with E-state index in [0.29, 0.717) is 5.01 Å². The van der Waals surface area contributed by atoms with Crippen LogP contribution in [0.2, 0.25) is 0 Å². The van der Waals surface area contributed by atoms with E-state index in [1.54, 1.807) is 6.92 Å². The van der Waals surface area contributed by atoms with E-state index in [0.717, 1.165) is 5.01 Å². The Hall–Kier alpha value is -1.50. The van der Waals surface area contributed by atoms with Crippen molar-refractivity contribution in [2.24, 2.45) is 0 Å². The van der Waals surface area contributed by atoms with Crippen molar-refractivity contribution in [3.8, 4) is 0 Å². The molecule has 0 aliphatic heterocycles. The molecule has 6 nitrogen and oxygen atoms in total. The standard InChI is InChI=1S/C8H11N3O3S/c1-4(12)9-6(8(13)14)3-7-11-10-5(2)15-7/h6H,3H2,1-2H3,(H,9,12)(H,13,14). The van der Waals surface area contributed by atoms with E-state index in [4.69, 9.17) is 5.11 Å². The Labute approximate surface area is 90.3 Å². The van der Waals surface area contributed by atoms with Crippen LogP contribution in [0.3, 0.4) is 0 Å². The number of carbonyl (C=O) groups is 2. The van der Waals surface area contributed by atoms with E-state index < -0.39 is 12.0 Å². The summed E-state index contributed by atoms with van der Waals surface area (Å²) in [6.45, 7) is 3.07. The summed E-state index contributed by atoms with van der Waals surface area (Å²) in [5.74, 6) is -1.44. The molecule has 0 aliphatic carbocycles. The third-order valence-electron chi connectivity index (χ3n) is 1.62. The predicted molar refractivity (Wildman–Crippen MR) is 53.6 cm³/mol. The zero-order valence-corrected chi connectivity index (χ0v) is 9.17. The van der Waals surface area contributed by atoms with E-state index >= 15 is 0 Å². The molecule has 0 bridgehead atoms. The largest absolute Gasteiger partial charge is 0.480 e. The van der Waals surface area contributed by atoms with Crippen molar-refractivity contribution in [1.29, 1.82) is 0 Å². The topological polar surface area (TPSA) is 92.2 Å². The zero-order valence-electron chi connectivity index (χ0n) is 8.35. The molecule has 0 saturated carbocycles. The molecule has 1 rings (SSSR count). The minimum atomic E-state index is -1.07. The van der Waals surface area contributed by atoms with Gasteiger partial charge in [0.05, 0.1) is 0 Å². The molecule has 2 N–H and O–H groups in total. The van der Waals surface area contributed by atoms with Gasteiger partial charge in [-0.1, -0.05) is 0 Å². The number of carboxylic acids is 1. The predicted octanol–water partition coefficient (Wildman–Crippen LogP) is -0.0217. The van der Waals surface area contributed by atoms with E-state index in [1.165, 1.54) is 18.3 Å². The van der Waals surface area contributed by atoms with Gasteiger partial charge in [0.15, 0.2) is 0 Å². The van der Waals surface area contributed by atoms with Gasteiger partial charge in [-0.2, -0.15) is 0 Å². The number of aliphatic carboxylic acids is 1. The molecule has 1 unspecified atom stereocenters. The summed E-state index contributed by atoms with van der Waals surface area (Å²) in [6, 6.07) is -0.935. The Morgan fingerprint density at radius 2 is 2.20 bits per heavy atom. The second-order valence-corrected chi connectivity index (χ2v) is 4.28. The Morgan fingerprint density at radius 3 is 2.60 bits per heavy atom. The number of hydrogen-bond acceptors (Lipinski definition) is 5. The summed E-state index contributed by atoms with van der Waals surface area (Å²) in [5, 5.41) is 20.1. The average Bonchev–Trinajstić information content (AvgIpc) is 2.49. The highest BCUT2D eigenvalue weighted by Crippen LogP contribution is 2.10. The van der Waals surface area contributed by atoms with Crippen molar-refractivity contribution in [3.05, 3.63) is 10.0 Å². The molecule has 0 radical (unpaired) electrons. The number of amides is 1. The van der Waals surface area contributed by atoms with Gasteiger partial charge in [-0.3, -0.25) is 4.79 Å². The fourth-order valence-corrected chi connectivity index (χ4v) is 1.79. The van der Waals surface area contributed by atoms with E-state index in [9.17, 15) is 9.59 Å². The van der Waals surface area contributed by atoms with Crippen LogP contribution in [-0.2, 0) is 16.0 Å². The first kappa shape index (κ1) is 11.6. The van der Waals surface area contributed by atoms with Gasteiger partial charge < -0.3 is 10.4 Å². The highest BCUT2D eigenvalue weighted by Gasteiger charge is 2.20. The van der Waals surface area contributed by atoms with Crippen molar-refractivity contribution in [2.75, 3.05) is 0 Å². The van der Waals surface area contributed by atoms with Gasteiger partial charge in [0, 0.05) is 13.3 Å². The maximum Gasteiger partial charge on any atom is 0.326 e. The van der Waals surface area contributed by atoms with Gasteiger partial charge >= 0.3 is 5.97 Å². The number of nitrogens with zero attached hydrogens (tertiary/aromatic N) is 2. The first-order chi connectivity index (χ1) is 6.99. The molecule has 0 aromatic carbocycles. The SMILES string of the molecule is CC(=O)NC(Cc1nnc(C)s1)C(=O)O. The van der Waals surface area contributed by atoms with Gasteiger partial charge in [-0.05, 0) is 6.92 Å². The van der Waals surface area contributed by atoms with Gasteiger partial charge in [0.2, 0.25) is 5.91 Å². The fourth-order valence-electron chi connectivity index (χ4n) is 1.04. The number of rotatable bonds is 4. The van der Waals surface area contributed by atoms with Crippen LogP contribution in [0.25, 0.3) is 0 Å². The lowest BCUT2D eigenvalue weighted by atomic mass is 10.2. The normalized spacial score (nSPS) is 12.1. The molecule has 1 amide bonds. The van der Waals surface area contributed by atoms with Crippen LogP contribution < -0.4 is 5.32 Å². The van der Waals surface area contributed by atoms with Gasteiger partial charge in [0.1, 0.15) is 16.1 Å². The molecule has 0 saturated heterocycles. The zero-order chi connectivity index (χ0) is 11.4. The average molecular weight is 229 g/mol. The molecule has 1 heterocycles. The molecule has 1 aromatic heterocycles. The third-order valence-corrected chi connectivity index (χ3v) is 2.48. The minimum absolute atomic E-state index is 0.167. The van der Waals surface area contributed by atoms with E-state index in [-0.39, 0.29) is 12.3 Å². The molecule has 82 valence electrons. The maximum atomic E-state index is 10.8. The first-order valence-electron chi connectivity index (χ1n) is 4.28. The van der Waals surface area contributed by atoms with Crippen molar-refractivity contribution in [3.63, 3.8) is 0 Å². The number of aromatic nitrogens is 2. The van der Waals surface area contributed by atoms with Crippen LogP contribution >= 0.6 is 11.3 Å². The number of hydrogen-bond donors (Lipinski definition) is 2. The number of carbonyl (C=O) groups excluding carboxylic acids is 1. The Morgan fingerprint density at radius 1 is 1.53 bits per heavy atom. The van der Waals surface area contributed by atoms with Crippen molar-refractivity contribution < 1.29 is 14.7 Å². The monoisotopic (exact) mass is 229 g/mol. The molecule has 0 aliphatic rings. The second kappa shape index (κ2) is 4.83. The fraction of sp³-hybridized carbons (Fsp3) is 0.500. The molecule has 1 aromatic rings. The molecule has 0 spiro atoms. The summed E-state index contributed by atoms with van der Waals surface area (Å²) < 4.78 is 0. The van der Waals surface area contributed by atoms with E-state index in [2.05, 4.69) is 15.5 Å². The molecule has 15 heavy (non-hydrogen) atoms. The Balaban J connectivity index is 2.66. The summed E-state index contributed by atoms with van der Waals surface area (Å²) in [5.41, 5.74) is 0. The van der Waals surface area contributed by atoms with Crippen LogP contribution in [0.1, 0.15) is 16.9 Å². The van der Waals surface area contributed by atoms with Crippen LogP contribution in [-0.4, -0.2) is 33.2 Å². The number of aryl methyl sites for hydroxylation is 1. The Bertz CT molecular complexity index is 377. The van der Waals surface area contributed by atoms with Crippen molar-refractivity contribution in [2.45, 2.75) is 26.3 Å². The lowest BCUT2D eigenvalue weighted by Crippen LogP contribution is -2.41. The number of nitrogens with one attached hydrogen (secondary N) is 1. The van der Waals surface area contributed by atoms with Crippen LogP contribution in [0.15, 0.2) is 0 Å². The highest BCUT2D eigenvalue weighted by molar-refractivity contribution is 7.11. The Kier molecular flexibility index (Phi) is 3.73. The molecule has 7 heteroatoms. The van der Waals surface area contributed by atoms with Crippen LogP contribution in [0.4, 0.5) is 0 Å². The molecule has 1 atom stereocenters. The smallest absolute Gasteiger partial charge is 0.326 e. The maximum absolute atomic E-state index is 10.8. The highest BCUT2D eigenvalue weighted by atomic mass is 32.1. The van der Waals surface area contributed by atoms with Gasteiger partial charge in [-0.25, -0.2) is 4.79 Å². The summed E-state index contributed by atoms with van der Waals surface area (Å²) in [4.78, 5) is 21.5. The number of carboxylic acid groups (broad SMARTS) is 1. The summed E-state index contributed by atoms with van der Waals surface area (Å²) >= 11 is 1.32. The van der Waals surface area contributed by atoms with Gasteiger partial charge in [-0.15, -0.1) is 21.5 Å². The summed E-state index contributed by atoms with van der Waals surface area (Å²) in [7, 11) is 0. The minimum Gasteiger partial charge on any atom is -0.480 e. The second-order valence-electron chi connectivity index (χ2n) is 3.01.